The van der Waals surface area contributed by atoms with Gasteiger partial charge in [0.1, 0.15) is 11.9 Å². The van der Waals surface area contributed by atoms with Gasteiger partial charge in [0.05, 0.1) is 4.92 Å². The van der Waals surface area contributed by atoms with Crippen LogP contribution in [0.25, 0.3) is 4.85 Å². The molecular weight excluding hydrogens is 234 g/mol. The summed E-state index contributed by atoms with van der Waals surface area (Å²) in [4.78, 5) is 17.1. The molecule has 0 spiro atoms. The van der Waals surface area contributed by atoms with E-state index in [9.17, 15) is 10.1 Å². The zero-order valence-corrected chi connectivity index (χ0v) is 9.11. The molecule has 0 fully saturated rings. The smallest absolute Gasteiger partial charge is 0.312 e. The minimum absolute atomic E-state index is 0.0149. The van der Waals surface area contributed by atoms with Crippen molar-refractivity contribution in [2.24, 2.45) is 0 Å². The van der Waals surface area contributed by atoms with E-state index >= 15 is 0 Å². The van der Waals surface area contributed by atoms with E-state index in [0.29, 0.717) is 11.5 Å². The fourth-order valence-corrected chi connectivity index (χ4v) is 1.31. The van der Waals surface area contributed by atoms with Crippen molar-refractivity contribution in [1.29, 1.82) is 0 Å². The number of pyridine rings is 1. The van der Waals surface area contributed by atoms with Crippen molar-refractivity contribution in [1.82, 2.24) is 4.98 Å². The highest BCUT2D eigenvalue weighted by atomic mass is 16.6. The van der Waals surface area contributed by atoms with Gasteiger partial charge in [-0.2, -0.15) is 0 Å². The van der Waals surface area contributed by atoms with E-state index in [-0.39, 0.29) is 11.5 Å². The molecule has 6 nitrogen and oxygen atoms in total. The summed E-state index contributed by atoms with van der Waals surface area (Å²) in [6, 6.07) is 8.88. The third kappa shape index (κ3) is 2.41. The van der Waals surface area contributed by atoms with Gasteiger partial charge in [0.25, 0.3) is 5.69 Å². The SMILES string of the molecule is [C-]#[N+]c1ncccc1Oc1ccc([N+](=O)[O-])cc1. The fraction of sp³-hybridized carbons (Fsp3) is 0. The Morgan fingerprint density at radius 2 is 2.00 bits per heavy atom. The van der Waals surface area contributed by atoms with Crippen molar-refractivity contribution in [2.45, 2.75) is 0 Å². The third-order valence-corrected chi connectivity index (χ3v) is 2.13. The van der Waals surface area contributed by atoms with Gasteiger partial charge < -0.3 is 9.58 Å². The maximum atomic E-state index is 10.5. The first kappa shape index (κ1) is 11.5. The number of hydrogen-bond acceptors (Lipinski definition) is 4. The fourth-order valence-electron chi connectivity index (χ4n) is 1.31. The van der Waals surface area contributed by atoms with Gasteiger partial charge in [-0.1, -0.05) is 6.57 Å². The van der Waals surface area contributed by atoms with E-state index in [0.717, 1.165) is 0 Å². The molecule has 2 aromatic rings. The lowest BCUT2D eigenvalue weighted by atomic mass is 10.3. The molecule has 0 unspecified atom stereocenters. The summed E-state index contributed by atoms with van der Waals surface area (Å²) in [6.07, 6.45) is 1.50. The molecule has 0 aliphatic rings. The molecule has 0 bridgehead atoms. The predicted molar refractivity (Wildman–Crippen MR) is 63.7 cm³/mol. The number of rotatable bonds is 3. The van der Waals surface area contributed by atoms with Gasteiger partial charge in [0, 0.05) is 12.1 Å². The van der Waals surface area contributed by atoms with Gasteiger partial charge in [0.2, 0.25) is 0 Å². The van der Waals surface area contributed by atoms with Crippen molar-refractivity contribution < 1.29 is 9.66 Å². The van der Waals surface area contributed by atoms with Crippen molar-refractivity contribution in [3.63, 3.8) is 0 Å². The molecule has 0 aliphatic heterocycles. The molecule has 0 atom stereocenters. The molecule has 6 heteroatoms. The number of ether oxygens (including phenoxy) is 1. The first-order valence-electron chi connectivity index (χ1n) is 4.95. The molecule has 88 valence electrons. The van der Waals surface area contributed by atoms with Gasteiger partial charge in [-0.25, -0.2) is 0 Å². The number of hydrogen-bond donors (Lipinski definition) is 0. The van der Waals surface area contributed by atoms with Gasteiger partial charge in [-0.05, 0) is 24.3 Å². The number of nitrogens with zero attached hydrogens (tertiary/aromatic N) is 3. The zero-order chi connectivity index (χ0) is 13.0. The largest absolute Gasteiger partial charge is 0.467 e. The average Bonchev–Trinajstić information content (AvgIpc) is 2.40. The second-order valence-corrected chi connectivity index (χ2v) is 3.29. The Hall–Kier alpha value is -2.94. The lowest BCUT2D eigenvalue weighted by Gasteiger charge is -2.05. The summed E-state index contributed by atoms with van der Waals surface area (Å²) in [5.74, 6) is 0.885. The van der Waals surface area contributed by atoms with Gasteiger partial charge in [-0.15, -0.1) is 4.98 Å². The number of nitro groups is 1. The van der Waals surface area contributed by atoms with Crippen LogP contribution in [0.2, 0.25) is 0 Å². The second kappa shape index (κ2) is 4.93. The van der Waals surface area contributed by atoms with Crippen LogP contribution in [0.15, 0.2) is 42.6 Å². The molecule has 1 heterocycles. The van der Waals surface area contributed by atoms with Crippen LogP contribution in [-0.2, 0) is 0 Å². The average molecular weight is 241 g/mol. The summed E-state index contributed by atoms with van der Waals surface area (Å²) < 4.78 is 5.44. The minimum Gasteiger partial charge on any atom is -0.467 e. The zero-order valence-electron chi connectivity index (χ0n) is 9.11. The van der Waals surface area contributed by atoms with Crippen molar-refractivity contribution in [3.8, 4) is 11.5 Å². The quantitative estimate of drug-likeness (QED) is 0.469. The van der Waals surface area contributed by atoms with Gasteiger partial charge >= 0.3 is 5.82 Å². The Bertz CT molecular complexity index is 617. The topological polar surface area (TPSA) is 69.6 Å². The lowest BCUT2D eigenvalue weighted by Crippen LogP contribution is -1.89. The standard InChI is InChI=1S/C12H7N3O3/c1-13-12-11(3-2-8-14-12)18-10-6-4-9(5-7-10)15(16)17/h2-8H. The number of non-ortho nitro benzene ring substituents is 1. The highest BCUT2D eigenvalue weighted by Gasteiger charge is 2.08. The van der Waals surface area contributed by atoms with E-state index in [1.165, 1.54) is 30.5 Å². The molecule has 18 heavy (non-hydrogen) atoms. The highest BCUT2D eigenvalue weighted by Crippen LogP contribution is 2.30. The lowest BCUT2D eigenvalue weighted by molar-refractivity contribution is -0.384. The molecule has 0 aliphatic carbocycles. The molecule has 0 N–H and O–H groups in total. The van der Waals surface area contributed by atoms with E-state index in [1.807, 2.05) is 0 Å². The number of nitro benzene ring substituents is 1. The normalized spacial score (nSPS) is 9.50. The van der Waals surface area contributed by atoms with Crippen LogP contribution in [0.3, 0.4) is 0 Å². The summed E-state index contributed by atoms with van der Waals surface area (Å²) in [5, 5.41) is 10.5. The highest BCUT2D eigenvalue weighted by molar-refractivity contribution is 5.52. The third-order valence-electron chi connectivity index (χ3n) is 2.13. The Balaban J connectivity index is 2.24. The Morgan fingerprint density at radius 1 is 1.28 bits per heavy atom. The number of aromatic nitrogens is 1. The summed E-state index contributed by atoms with van der Waals surface area (Å²) in [7, 11) is 0. The molecular formula is C12H7N3O3. The summed E-state index contributed by atoms with van der Waals surface area (Å²) >= 11 is 0. The van der Waals surface area contributed by atoms with Gasteiger partial charge in [-0.3, -0.25) is 10.1 Å². The van der Waals surface area contributed by atoms with Crippen molar-refractivity contribution in [3.05, 3.63) is 64.1 Å². The van der Waals surface area contributed by atoms with E-state index < -0.39 is 4.92 Å². The summed E-state index contributed by atoms with van der Waals surface area (Å²) in [6.45, 7) is 6.93. The molecule has 0 radical (unpaired) electrons. The Kier molecular flexibility index (Phi) is 3.16. The van der Waals surface area contributed by atoms with Crippen LogP contribution in [0.5, 0.6) is 11.5 Å². The second-order valence-electron chi connectivity index (χ2n) is 3.29. The molecule has 1 aromatic heterocycles. The van der Waals surface area contributed by atoms with E-state index in [4.69, 9.17) is 11.3 Å². The van der Waals surface area contributed by atoms with Crippen molar-refractivity contribution in [2.75, 3.05) is 0 Å². The maximum absolute atomic E-state index is 10.5. The Labute approximate surface area is 102 Å². The number of benzene rings is 1. The van der Waals surface area contributed by atoms with E-state index in [2.05, 4.69) is 9.83 Å². The van der Waals surface area contributed by atoms with Crippen LogP contribution < -0.4 is 4.74 Å². The van der Waals surface area contributed by atoms with Crippen molar-refractivity contribution >= 4 is 11.5 Å². The maximum Gasteiger partial charge on any atom is 0.312 e. The molecule has 0 saturated carbocycles. The van der Waals surface area contributed by atoms with Gasteiger partial charge in [0.15, 0.2) is 5.75 Å². The van der Waals surface area contributed by atoms with E-state index in [1.54, 1.807) is 12.1 Å². The summed E-state index contributed by atoms with van der Waals surface area (Å²) in [5.41, 5.74) is -0.0149. The first-order valence-corrected chi connectivity index (χ1v) is 4.95. The van der Waals surface area contributed by atoms with Crippen LogP contribution in [0.4, 0.5) is 11.5 Å². The van der Waals surface area contributed by atoms with Crippen LogP contribution in [0.1, 0.15) is 0 Å². The molecule has 2 rings (SSSR count). The van der Waals surface area contributed by atoms with Crippen LogP contribution in [-0.4, -0.2) is 9.91 Å². The minimum atomic E-state index is -0.488. The molecule has 0 amide bonds. The first-order chi connectivity index (χ1) is 8.70. The van der Waals surface area contributed by atoms with Crippen LogP contribution in [0, 0.1) is 16.7 Å². The molecule has 1 aromatic carbocycles. The Morgan fingerprint density at radius 3 is 2.61 bits per heavy atom. The monoisotopic (exact) mass is 241 g/mol. The van der Waals surface area contributed by atoms with Crippen LogP contribution >= 0.6 is 0 Å². The molecule has 0 saturated heterocycles. The predicted octanol–water partition coefficient (Wildman–Crippen LogP) is 3.33.